The number of ether oxygens (including phenoxy) is 1. The number of hydrogen-bond donors (Lipinski definition) is 1. The van der Waals surface area contributed by atoms with E-state index in [1.54, 1.807) is 22.6 Å². The lowest BCUT2D eigenvalue weighted by molar-refractivity contribution is -0.215. The Morgan fingerprint density at radius 1 is 1.41 bits per heavy atom. The Hall–Kier alpha value is -0.100. The summed E-state index contributed by atoms with van der Waals surface area (Å²) in [5.74, 6) is -2.93. The van der Waals surface area contributed by atoms with Gasteiger partial charge in [-0.3, -0.25) is 9.35 Å². The first-order valence-corrected chi connectivity index (χ1v) is 6.84. The van der Waals surface area contributed by atoms with Gasteiger partial charge >= 0.3 is 12.1 Å². The van der Waals surface area contributed by atoms with E-state index in [4.69, 9.17) is 4.55 Å². The molecule has 1 N–H and O–H groups in total. The summed E-state index contributed by atoms with van der Waals surface area (Å²) in [4.78, 5) is 11.2. The Labute approximate surface area is 110 Å². The molecule has 10 heteroatoms. The molecule has 0 bridgehead atoms. The van der Waals surface area contributed by atoms with Crippen molar-refractivity contribution in [1.82, 2.24) is 0 Å². The molecule has 102 valence electrons. The number of esters is 1. The highest BCUT2D eigenvalue weighted by Gasteiger charge is 2.46. The topological polar surface area (TPSA) is 80.7 Å². The Balaban J connectivity index is 4.94. The van der Waals surface area contributed by atoms with Gasteiger partial charge in [0.25, 0.3) is 10.1 Å². The van der Waals surface area contributed by atoms with Gasteiger partial charge in [-0.05, 0) is 13.8 Å². The van der Waals surface area contributed by atoms with Crippen molar-refractivity contribution < 1.29 is 35.7 Å². The molecule has 0 aromatic heterocycles. The van der Waals surface area contributed by atoms with E-state index in [2.05, 4.69) is 4.74 Å². The molecule has 0 fully saturated rings. The van der Waals surface area contributed by atoms with E-state index in [0.29, 0.717) is 0 Å². The van der Waals surface area contributed by atoms with E-state index >= 15 is 0 Å². The molecule has 0 aromatic rings. The zero-order valence-electron chi connectivity index (χ0n) is 8.78. The number of alkyl halides is 4. The van der Waals surface area contributed by atoms with Crippen LogP contribution in [0.4, 0.5) is 13.2 Å². The van der Waals surface area contributed by atoms with Gasteiger partial charge in [0.1, 0.15) is 9.17 Å². The molecule has 0 aliphatic heterocycles. The van der Waals surface area contributed by atoms with Crippen molar-refractivity contribution in [3.63, 3.8) is 0 Å². The second-order valence-electron chi connectivity index (χ2n) is 3.66. The Morgan fingerprint density at radius 3 is 2.06 bits per heavy atom. The van der Waals surface area contributed by atoms with Gasteiger partial charge in [-0.25, -0.2) is 0 Å². The van der Waals surface area contributed by atoms with Crippen molar-refractivity contribution in [2.24, 2.45) is 0 Å². The minimum absolute atomic E-state index is 1.22. The fourth-order valence-corrected chi connectivity index (χ4v) is 1.42. The number of hydrogen-bond acceptors (Lipinski definition) is 4. The third-order valence-electron chi connectivity index (χ3n) is 1.46. The van der Waals surface area contributed by atoms with Crippen LogP contribution < -0.4 is 0 Å². The summed E-state index contributed by atoms with van der Waals surface area (Å²) in [5.41, 5.74) is 0. The fraction of sp³-hybridized carbons (Fsp3) is 0.857. The quantitative estimate of drug-likeness (QED) is 0.341. The third-order valence-corrected chi connectivity index (χ3v) is 2.63. The summed E-state index contributed by atoms with van der Waals surface area (Å²) < 4.78 is 69.0. The van der Waals surface area contributed by atoms with Gasteiger partial charge in [0.05, 0.1) is 0 Å². The molecule has 0 saturated heterocycles. The third kappa shape index (κ3) is 7.03. The zero-order valence-corrected chi connectivity index (χ0v) is 11.8. The average molecular weight is 390 g/mol. The maximum atomic E-state index is 12.3. The molecule has 0 aliphatic carbocycles. The van der Waals surface area contributed by atoms with Crippen LogP contribution in [0.2, 0.25) is 0 Å². The van der Waals surface area contributed by atoms with E-state index in [0.717, 1.165) is 0 Å². The van der Waals surface area contributed by atoms with Crippen molar-refractivity contribution in [2.45, 2.75) is 29.5 Å². The molecule has 17 heavy (non-hydrogen) atoms. The first-order valence-electron chi connectivity index (χ1n) is 4.15. The van der Waals surface area contributed by atoms with Crippen molar-refractivity contribution >= 4 is 38.7 Å². The normalized spacial score (nSPS) is 15.5. The second kappa shape index (κ2) is 5.26. The molecule has 0 heterocycles. The monoisotopic (exact) mass is 390 g/mol. The molecular weight excluding hydrogens is 380 g/mol. The van der Waals surface area contributed by atoms with Crippen LogP contribution in [0.25, 0.3) is 0 Å². The lowest BCUT2D eigenvalue weighted by Crippen LogP contribution is -2.42. The van der Waals surface area contributed by atoms with Crippen molar-refractivity contribution in [2.75, 3.05) is 5.75 Å². The van der Waals surface area contributed by atoms with Gasteiger partial charge in [-0.1, -0.05) is 22.6 Å². The van der Waals surface area contributed by atoms with Gasteiger partial charge in [0.15, 0.2) is 0 Å². The summed E-state index contributed by atoms with van der Waals surface area (Å²) in [5, 5.41) is 0. The van der Waals surface area contributed by atoms with E-state index in [1.165, 1.54) is 13.8 Å². The maximum absolute atomic E-state index is 12.3. The van der Waals surface area contributed by atoms with Gasteiger partial charge in [0, 0.05) is 0 Å². The summed E-state index contributed by atoms with van der Waals surface area (Å²) in [6.07, 6.45) is -7.94. The van der Waals surface area contributed by atoms with Gasteiger partial charge in [0.2, 0.25) is 6.10 Å². The summed E-state index contributed by atoms with van der Waals surface area (Å²) >= 11 is 1.55. The van der Waals surface area contributed by atoms with E-state index < -0.39 is 37.5 Å². The standard InChI is InChI=1S/C7H10F3IO5S/c1-6(2,11)5(12)16-4(7(8,9)10)3-17(13,14)15/h4H,3H2,1-2H3,(H,13,14,15). The van der Waals surface area contributed by atoms with Crippen LogP contribution in [-0.4, -0.2) is 40.4 Å². The van der Waals surface area contributed by atoms with Gasteiger partial charge < -0.3 is 4.74 Å². The highest BCUT2D eigenvalue weighted by molar-refractivity contribution is 14.1. The van der Waals surface area contributed by atoms with Gasteiger partial charge in [-0.15, -0.1) is 0 Å². The van der Waals surface area contributed by atoms with Crippen LogP contribution in [0.15, 0.2) is 0 Å². The molecule has 0 aromatic carbocycles. The van der Waals surface area contributed by atoms with E-state index in [1.807, 2.05) is 0 Å². The van der Waals surface area contributed by atoms with Crippen molar-refractivity contribution in [1.29, 1.82) is 0 Å². The highest BCUT2D eigenvalue weighted by Crippen LogP contribution is 2.27. The van der Waals surface area contributed by atoms with E-state index in [-0.39, 0.29) is 0 Å². The number of halogens is 4. The van der Waals surface area contributed by atoms with E-state index in [9.17, 15) is 26.4 Å². The molecule has 0 rings (SSSR count). The number of rotatable bonds is 4. The molecule has 1 atom stereocenters. The molecule has 0 aliphatic rings. The zero-order chi connectivity index (χ0) is 14.1. The maximum Gasteiger partial charge on any atom is 0.426 e. The fourth-order valence-electron chi connectivity index (χ4n) is 0.656. The van der Waals surface area contributed by atoms with Gasteiger partial charge in [-0.2, -0.15) is 21.6 Å². The molecule has 0 amide bonds. The van der Waals surface area contributed by atoms with Crippen LogP contribution in [0, 0.1) is 0 Å². The SMILES string of the molecule is CC(C)(I)C(=O)OC(CS(=O)(=O)O)C(F)(F)F. The molecule has 0 spiro atoms. The van der Waals surface area contributed by atoms with Crippen LogP contribution in [0.5, 0.6) is 0 Å². The molecule has 0 radical (unpaired) electrons. The van der Waals surface area contributed by atoms with Crippen LogP contribution in [0.1, 0.15) is 13.8 Å². The lowest BCUT2D eigenvalue weighted by atomic mass is 10.2. The summed E-state index contributed by atoms with van der Waals surface area (Å²) in [6, 6.07) is 0. The predicted molar refractivity (Wildman–Crippen MR) is 60.4 cm³/mol. The molecular formula is C7H10F3IO5S. The summed E-state index contributed by atoms with van der Waals surface area (Å²) in [7, 11) is -4.90. The largest absolute Gasteiger partial charge is 0.451 e. The Morgan fingerprint density at radius 2 is 1.82 bits per heavy atom. The number of carbonyl (C=O) groups excluding carboxylic acids is 1. The summed E-state index contributed by atoms with van der Waals surface area (Å²) in [6.45, 7) is 2.60. The molecule has 5 nitrogen and oxygen atoms in total. The van der Waals surface area contributed by atoms with Crippen molar-refractivity contribution in [3.05, 3.63) is 0 Å². The minimum Gasteiger partial charge on any atom is -0.451 e. The van der Waals surface area contributed by atoms with Crippen molar-refractivity contribution in [3.8, 4) is 0 Å². The molecule has 1 unspecified atom stereocenters. The highest BCUT2D eigenvalue weighted by atomic mass is 127. The first kappa shape index (κ1) is 16.9. The first-order chi connectivity index (χ1) is 7.23. The van der Waals surface area contributed by atoms with Crippen LogP contribution >= 0.6 is 22.6 Å². The molecule has 0 saturated carbocycles. The predicted octanol–water partition coefficient (Wildman–Crippen LogP) is 1.56. The Bertz CT molecular complexity index is 383. The number of carbonyl (C=O) groups is 1. The average Bonchev–Trinajstić information content (AvgIpc) is 1.96. The van der Waals surface area contributed by atoms with Crippen LogP contribution in [-0.2, 0) is 19.6 Å². The smallest absolute Gasteiger partial charge is 0.426 e. The van der Waals surface area contributed by atoms with Crippen LogP contribution in [0.3, 0.4) is 0 Å². The second-order valence-corrected chi connectivity index (χ2v) is 7.85. The Kier molecular flexibility index (Phi) is 5.23. The minimum atomic E-state index is -5.06. The lowest BCUT2D eigenvalue weighted by Gasteiger charge is -2.23.